The molecule has 182 valence electrons. The van der Waals surface area contributed by atoms with E-state index in [0.717, 1.165) is 30.4 Å². The number of methoxy groups -OCH3 is 1. The van der Waals surface area contributed by atoms with Crippen molar-refractivity contribution in [2.75, 3.05) is 25.5 Å². The molecule has 1 N–H and O–H groups in total. The van der Waals surface area contributed by atoms with Crippen LogP contribution in [0.3, 0.4) is 0 Å². The van der Waals surface area contributed by atoms with E-state index >= 15 is 0 Å². The molecule has 1 aliphatic rings. The highest BCUT2D eigenvalue weighted by Crippen LogP contribution is 2.32. The molecular formula is C26H30N6O2S. The minimum Gasteiger partial charge on any atom is -0.497 e. The number of thioether (sulfide) groups is 1. The molecule has 0 aliphatic carbocycles. The van der Waals surface area contributed by atoms with Gasteiger partial charge in [0.05, 0.1) is 30.0 Å². The van der Waals surface area contributed by atoms with E-state index in [1.807, 2.05) is 35.8 Å². The Hall–Kier alpha value is -3.35. The number of aromatic nitrogens is 3. The predicted molar refractivity (Wildman–Crippen MR) is 137 cm³/mol. The van der Waals surface area contributed by atoms with E-state index in [4.69, 9.17) is 10.00 Å². The van der Waals surface area contributed by atoms with Crippen LogP contribution in [-0.4, -0.2) is 51.0 Å². The van der Waals surface area contributed by atoms with E-state index in [9.17, 15) is 4.79 Å². The van der Waals surface area contributed by atoms with Crippen LogP contribution in [0, 0.1) is 11.3 Å². The van der Waals surface area contributed by atoms with Gasteiger partial charge in [-0.3, -0.25) is 14.3 Å². The topological polar surface area (TPSA) is 96.1 Å². The van der Waals surface area contributed by atoms with E-state index in [0.29, 0.717) is 16.4 Å². The van der Waals surface area contributed by atoms with Gasteiger partial charge in [-0.1, -0.05) is 24.2 Å². The molecule has 0 unspecified atom stereocenters. The second-order valence-corrected chi connectivity index (χ2v) is 9.90. The molecular weight excluding hydrogens is 460 g/mol. The van der Waals surface area contributed by atoms with Crippen molar-refractivity contribution < 1.29 is 9.53 Å². The number of likely N-dealkylation sites (tertiary alicyclic amines) is 1. The lowest BCUT2D eigenvalue weighted by molar-refractivity contribution is -0.115. The normalized spacial score (nSPS) is 15.7. The number of ether oxygens (including phenoxy) is 1. The van der Waals surface area contributed by atoms with E-state index in [2.05, 4.69) is 33.4 Å². The zero-order valence-corrected chi connectivity index (χ0v) is 21.1. The first kappa shape index (κ1) is 24.8. The monoisotopic (exact) mass is 490 g/mol. The molecule has 9 heteroatoms. The number of anilines is 1. The largest absolute Gasteiger partial charge is 0.497 e. The lowest BCUT2D eigenvalue weighted by atomic mass is 10.1. The zero-order chi connectivity index (χ0) is 24.8. The lowest BCUT2D eigenvalue weighted by Gasteiger charge is -2.32. The van der Waals surface area contributed by atoms with E-state index in [1.165, 1.54) is 31.0 Å². The minimum atomic E-state index is -0.430. The Labute approximate surface area is 210 Å². The number of piperidine rings is 1. The third-order valence-corrected chi connectivity index (χ3v) is 7.25. The molecule has 4 rings (SSSR count). The molecule has 2 aromatic carbocycles. The number of hydrogen-bond acceptors (Lipinski definition) is 7. The molecule has 8 nitrogen and oxygen atoms in total. The number of amides is 1. The van der Waals surface area contributed by atoms with Gasteiger partial charge in [0.1, 0.15) is 5.75 Å². The maximum Gasteiger partial charge on any atom is 0.237 e. The highest BCUT2D eigenvalue weighted by Gasteiger charge is 2.27. The summed E-state index contributed by atoms with van der Waals surface area (Å²) in [5.41, 5.74) is 2.02. The Morgan fingerprint density at radius 1 is 1.11 bits per heavy atom. The van der Waals surface area contributed by atoms with Crippen LogP contribution >= 0.6 is 11.8 Å². The molecule has 1 saturated heterocycles. The number of nitriles is 1. The summed E-state index contributed by atoms with van der Waals surface area (Å²) in [6, 6.07) is 16.9. The summed E-state index contributed by atoms with van der Waals surface area (Å²) in [6.45, 7) is 6.09. The van der Waals surface area contributed by atoms with E-state index in [-0.39, 0.29) is 11.9 Å². The molecule has 35 heavy (non-hydrogen) atoms. The summed E-state index contributed by atoms with van der Waals surface area (Å²) in [4.78, 5) is 15.4. The molecule has 0 bridgehead atoms. The van der Waals surface area contributed by atoms with Crippen LogP contribution in [-0.2, 0) is 4.79 Å². The van der Waals surface area contributed by atoms with Crippen molar-refractivity contribution in [3.8, 4) is 17.5 Å². The smallest absolute Gasteiger partial charge is 0.237 e. The van der Waals surface area contributed by atoms with Gasteiger partial charge in [0.2, 0.25) is 5.91 Å². The summed E-state index contributed by atoms with van der Waals surface area (Å²) in [5.74, 6) is 1.46. The standard InChI is InChI=1S/C26H30N6O2S/c1-18(31-14-5-4-6-15-31)24-29-30-26(32(24)22-10-12-23(34-3)13-11-22)35-19(2)25(33)28-21-9-7-8-20(16-21)17-27/h7-13,16,18-19H,4-6,14-15H2,1-3H3,(H,28,33)/t18-,19+/m1/s1. The fraction of sp³-hybridized carbons (Fsp3) is 0.385. The van der Waals surface area contributed by atoms with Crippen molar-refractivity contribution in [1.82, 2.24) is 19.7 Å². The Bertz CT molecular complexity index is 1200. The molecule has 0 saturated carbocycles. The van der Waals surface area contributed by atoms with Crippen LogP contribution in [0.2, 0.25) is 0 Å². The first-order chi connectivity index (χ1) is 17.0. The number of hydrogen-bond donors (Lipinski definition) is 1. The lowest BCUT2D eigenvalue weighted by Crippen LogP contribution is -2.33. The first-order valence-electron chi connectivity index (χ1n) is 11.8. The van der Waals surface area contributed by atoms with E-state index in [1.54, 1.807) is 31.4 Å². The van der Waals surface area contributed by atoms with Crippen molar-refractivity contribution in [3.63, 3.8) is 0 Å². The molecule has 1 aromatic heterocycles. The summed E-state index contributed by atoms with van der Waals surface area (Å²) < 4.78 is 7.38. The van der Waals surface area contributed by atoms with Gasteiger partial charge < -0.3 is 10.1 Å². The van der Waals surface area contributed by atoms with Crippen molar-refractivity contribution >= 4 is 23.4 Å². The van der Waals surface area contributed by atoms with Gasteiger partial charge in [-0.05, 0) is 82.2 Å². The van der Waals surface area contributed by atoms with Crippen molar-refractivity contribution in [2.24, 2.45) is 0 Å². The molecule has 1 aliphatic heterocycles. The van der Waals surface area contributed by atoms with E-state index < -0.39 is 5.25 Å². The van der Waals surface area contributed by atoms with Gasteiger partial charge in [0.15, 0.2) is 11.0 Å². The Balaban J connectivity index is 1.59. The highest BCUT2D eigenvalue weighted by molar-refractivity contribution is 8.00. The maximum atomic E-state index is 12.9. The summed E-state index contributed by atoms with van der Waals surface area (Å²) in [5, 5.41) is 21.3. The van der Waals surface area contributed by atoms with Crippen LogP contribution in [0.5, 0.6) is 5.75 Å². The van der Waals surface area contributed by atoms with Crippen LogP contribution in [0.1, 0.15) is 50.5 Å². The summed E-state index contributed by atoms with van der Waals surface area (Å²) in [6.07, 6.45) is 3.64. The van der Waals surface area contributed by atoms with Crippen molar-refractivity contribution in [3.05, 3.63) is 59.9 Å². The van der Waals surface area contributed by atoms with Crippen LogP contribution in [0.4, 0.5) is 5.69 Å². The van der Waals surface area contributed by atoms with Gasteiger partial charge in [-0.2, -0.15) is 5.26 Å². The molecule has 2 heterocycles. The average Bonchev–Trinajstić information content (AvgIpc) is 3.32. The third-order valence-electron chi connectivity index (χ3n) is 6.21. The quantitative estimate of drug-likeness (QED) is 0.453. The van der Waals surface area contributed by atoms with Crippen molar-refractivity contribution in [1.29, 1.82) is 5.26 Å². The van der Waals surface area contributed by atoms with Crippen molar-refractivity contribution in [2.45, 2.75) is 49.6 Å². The summed E-state index contributed by atoms with van der Waals surface area (Å²) >= 11 is 1.36. The van der Waals surface area contributed by atoms with Crippen LogP contribution in [0.25, 0.3) is 5.69 Å². The highest BCUT2D eigenvalue weighted by atomic mass is 32.2. The van der Waals surface area contributed by atoms with Gasteiger partial charge in [0, 0.05) is 11.4 Å². The Kier molecular flexibility index (Phi) is 8.06. The number of rotatable bonds is 8. The van der Waals surface area contributed by atoms with Crippen LogP contribution in [0.15, 0.2) is 53.7 Å². The second-order valence-electron chi connectivity index (χ2n) is 8.59. The molecule has 1 amide bonds. The van der Waals surface area contributed by atoms with Gasteiger partial charge >= 0.3 is 0 Å². The van der Waals surface area contributed by atoms with Gasteiger partial charge in [0.25, 0.3) is 0 Å². The minimum absolute atomic E-state index is 0.0945. The number of benzene rings is 2. The number of nitrogens with zero attached hydrogens (tertiary/aromatic N) is 5. The van der Waals surface area contributed by atoms with Crippen LogP contribution < -0.4 is 10.1 Å². The molecule has 2 atom stereocenters. The molecule has 1 fully saturated rings. The first-order valence-corrected chi connectivity index (χ1v) is 12.7. The zero-order valence-electron chi connectivity index (χ0n) is 20.3. The van der Waals surface area contributed by atoms with Gasteiger partial charge in [-0.25, -0.2) is 0 Å². The second kappa shape index (κ2) is 11.4. The number of carbonyl (C=O) groups is 1. The summed E-state index contributed by atoms with van der Waals surface area (Å²) in [7, 11) is 1.64. The fourth-order valence-corrected chi connectivity index (χ4v) is 5.07. The number of carbonyl (C=O) groups excluding carboxylic acids is 1. The Morgan fingerprint density at radius 2 is 1.86 bits per heavy atom. The molecule has 0 spiro atoms. The SMILES string of the molecule is COc1ccc(-n2c(S[C@@H](C)C(=O)Nc3cccc(C#N)c3)nnc2[C@@H](C)N2CCCCC2)cc1. The molecule has 0 radical (unpaired) electrons. The van der Waals surface area contributed by atoms with Gasteiger partial charge in [-0.15, -0.1) is 10.2 Å². The predicted octanol–water partition coefficient (Wildman–Crippen LogP) is 4.81. The molecule has 3 aromatic rings. The third kappa shape index (κ3) is 5.84. The average molecular weight is 491 g/mol. The fourth-order valence-electron chi connectivity index (χ4n) is 4.19. The number of nitrogens with one attached hydrogen (secondary N) is 1. The Morgan fingerprint density at radius 3 is 2.54 bits per heavy atom. The maximum absolute atomic E-state index is 12.9.